The molecule has 2 aliphatic rings. The minimum atomic E-state index is -2.70. The SMILES string of the molecule is CSc1cc(C2CC2)ccc1Nc1cc(Nc2cc3n(n2)CCOC3)nc2c1nc(C(F)F)n2PI. The highest BCUT2D eigenvalue weighted by Crippen LogP contribution is 2.43. The summed E-state index contributed by atoms with van der Waals surface area (Å²) in [7, 11) is 0. The quantitative estimate of drug-likeness (QED) is 0.122. The Morgan fingerprint density at radius 1 is 1.14 bits per heavy atom. The van der Waals surface area contributed by atoms with Gasteiger partial charge in [0.15, 0.2) is 17.3 Å². The van der Waals surface area contributed by atoms with Gasteiger partial charge < -0.3 is 15.4 Å². The number of halogens is 3. The molecule has 0 radical (unpaired) electrons. The normalized spacial score (nSPS) is 15.8. The van der Waals surface area contributed by atoms with Crippen molar-refractivity contribution in [2.75, 3.05) is 23.5 Å². The highest BCUT2D eigenvalue weighted by Gasteiger charge is 2.25. The van der Waals surface area contributed by atoms with Crippen LogP contribution in [-0.2, 0) is 17.9 Å². The zero-order chi connectivity index (χ0) is 24.8. The molecule has 1 aliphatic heterocycles. The molecule has 1 aromatic carbocycles. The van der Waals surface area contributed by atoms with E-state index in [0.29, 0.717) is 54.2 Å². The average Bonchev–Trinajstić information content (AvgIpc) is 3.54. The van der Waals surface area contributed by atoms with Crippen LogP contribution in [-0.4, -0.2) is 36.9 Å². The lowest BCUT2D eigenvalue weighted by atomic mass is 10.1. The van der Waals surface area contributed by atoms with Crippen LogP contribution < -0.4 is 10.6 Å². The van der Waals surface area contributed by atoms with E-state index in [4.69, 9.17) is 4.74 Å². The molecule has 8 nitrogen and oxygen atoms in total. The second kappa shape index (κ2) is 10.0. The van der Waals surface area contributed by atoms with E-state index in [-0.39, 0.29) is 12.2 Å². The van der Waals surface area contributed by atoms with Gasteiger partial charge in [-0.2, -0.15) is 5.10 Å². The van der Waals surface area contributed by atoms with Gasteiger partial charge in [-0.05, 0) is 64.8 Å². The largest absolute Gasteiger partial charge is 0.373 e. The molecule has 1 unspecified atom stereocenters. The summed E-state index contributed by atoms with van der Waals surface area (Å²) in [6.07, 6.45) is 1.82. The third-order valence-corrected chi connectivity index (χ3v) is 9.12. The Morgan fingerprint density at radius 3 is 2.72 bits per heavy atom. The lowest BCUT2D eigenvalue weighted by molar-refractivity contribution is 0.0801. The molecule has 1 aliphatic carbocycles. The smallest absolute Gasteiger partial charge is 0.295 e. The Morgan fingerprint density at radius 2 is 2.00 bits per heavy atom. The van der Waals surface area contributed by atoms with Gasteiger partial charge in [0.2, 0.25) is 0 Å². The molecule has 4 aromatic rings. The first-order chi connectivity index (χ1) is 17.5. The van der Waals surface area contributed by atoms with E-state index in [9.17, 15) is 8.78 Å². The molecule has 1 atom stereocenters. The summed E-state index contributed by atoms with van der Waals surface area (Å²) in [5.74, 6) is 1.49. The van der Waals surface area contributed by atoms with Crippen molar-refractivity contribution in [3.8, 4) is 0 Å². The third kappa shape index (κ3) is 4.68. The first-order valence-electron chi connectivity index (χ1n) is 11.5. The van der Waals surface area contributed by atoms with Gasteiger partial charge in [-0.3, -0.25) is 9.02 Å². The molecule has 0 bridgehead atoms. The maximum absolute atomic E-state index is 13.9. The number of nitrogens with one attached hydrogen (secondary N) is 2. The summed E-state index contributed by atoms with van der Waals surface area (Å²) in [5.41, 5.74) is 4.65. The molecule has 0 spiro atoms. The number of nitrogens with zero attached hydrogens (tertiary/aromatic N) is 5. The van der Waals surface area contributed by atoms with Gasteiger partial charge in [0.1, 0.15) is 11.3 Å². The van der Waals surface area contributed by atoms with E-state index >= 15 is 0 Å². The Balaban J connectivity index is 1.43. The van der Waals surface area contributed by atoms with Crippen molar-refractivity contribution in [1.29, 1.82) is 0 Å². The zero-order valence-corrected chi connectivity index (χ0v) is 23.2. The predicted octanol–water partition coefficient (Wildman–Crippen LogP) is 6.97. The summed E-state index contributed by atoms with van der Waals surface area (Å²) in [4.78, 5) is 10.1. The minimum absolute atomic E-state index is 0.0245. The summed E-state index contributed by atoms with van der Waals surface area (Å²) >= 11 is 3.74. The van der Waals surface area contributed by atoms with Gasteiger partial charge >= 0.3 is 0 Å². The summed E-state index contributed by atoms with van der Waals surface area (Å²) in [6, 6.07) is 10.1. The number of hydrogen-bond acceptors (Lipinski definition) is 7. The molecular formula is C23H23F2IN7OPS. The topological polar surface area (TPSA) is 81.8 Å². The Hall–Kier alpha value is -2.02. The van der Waals surface area contributed by atoms with E-state index in [0.717, 1.165) is 16.3 Å². The van der Waals surface area contributed by atoms with Crippen molar-refractivity contribution < 1.29 is 13.5 Å². The van der Waals surface area contributed by atoms with Crippen molar-refractivity contribution >= 4 is 74.4 Å². The number of hydrogen-bond donors (Lipinski definition) is 2. The number of rotatable bonds is 8. The number of imidazole rings is 1. The van der Waals surface area contributed by atoms with Crippen molar-refractivity contribution in [2.24, 2.45) is 0 Å². The predicted molar refractivity (Wildman–Crippen MR) is 149 cm³/mol. The van der Waals surface area contributed by atoms with E-state index in [1.54, 1.807) is 17.8 Å². The fraction of sp³-hybridized carbons (Fsp3) is 0.348. The van der Waals surface area contributed by atoms with Crippen LogP contribution >= 0.6 is 40.2 Å². The van der Waals surface area contributed by atoms with Gasteiger partial charge in [0.25, 0.3) is 6.43 Å². The van der Waals surface area contributed by atoms with Gasteiger partial charge in [-0.15, -0.1) is 11.8 Å². The van der Waals surface area contributed by atoms with E-state index in [2.05, 4.69) is 65.9 Å². The maximum Gasteiger partial charge on any atom is 0.295 e. The van der Waals surface area contributed by atoms with Crippen LogP contribution in [0.5, 0.6) is 0 Å². The number of fused-ring (bicyclic) bond motifs is 2. The molecule has 188 valence electrons. The van der Waals surface area contributed by atoms with Gasteiger partial charge in [0.05, 0.1) is 43.2 Å². The molecule has 6 rings (SSSR count). The fourth-order valence-corrected chi connectivity index (χ4v) is 6.86. The Kier molecular flexibility index (Phi) is 6.78. The molecular weight excluding hydrogens is 618 g/mol. The van der Waals surface area contributed by atoms with Gasteiger partial charge in [-0.1, -0.05) is 6.07 Å². The highest BCUT2D eigenvalue weighted by atomic mass is 127. The van der Waals surface area contributed by atoms with Crippen LogP contribution in [0.25, 0.3) is 11.2 Å². The first-order valence-corrected chi connectivity index (χ1v) is 16.8. The molecule has 13 heteroatoms. The molecule has 0 amide bonds. The van der Waals surface area contributed by atoms with Crippen LogP contribution in [0.2, 0.25) is 0 Å². The van der Waals surface area contributed by atoms with Crippen molar-refractivity contribution in [3.63, 3.8) is 0 Å². The zero-order valence-electron chi connectivity index (χ0n) is 19.3. The number of aromatic nitrogens is 5. The molecule has 1 saturated carbocycles. The molecule has 36 heavy (non-hydrogen) atoms. The van der Waals surface area contributed by atoms with Crippen LogP contribution in [0.15, 0.2) is 35.2 Å². The first kappa shape index (κ1) is 24.3. The Bertz CT molecular complexity index is 1420. The molecule has 0 saturated heterocycles. The number of pyridine rings is 1. The molecule has 1 fully saturated rings. The molecule has 2 N–H and O–H groups in total. The van der Waals surface area contributed by atoms with E-state index in [1.807, 2.05) is 17.0 Å². The van der Waals surface area contributed by atoms with Crippen LogP contribution in [0, 0.1) is 0 Å². The molecule has 4 heterocycles. The standard InChI is InChI=1S/C23H23F2IN7OPS/c1-36-17-8-13(12-2-3-12)4-5-15(17)27-16-10-18(28-19-9-14-11-34-7-6-32(14)31-19)29-22-20(16)30-23(21(24)25)33(22)35-26/h4-5,8-10,12,21,35H,2-3,6-7,11H2,1H3,(H2,27,28,29,31). The van der Waals surface area contributed by atoms with E-state index < -0.39 is 6.43 Å². The third-order valence-electron chi connectivity index (χ3n) is 6.28. The fourth-order valence-electron chi connectivity index (χ4n) is 4.37. The maximum atomic E-state index is 13.9. The van der Waals surface area contributed by atoms with Crippen LogP contribution in [0.1, 0.15) is 42.3 Å². The minimum Gasteiger partial charge on any atom is -0.373 e. The van der Waals surface area contributed by atoms with Gasteiger partial charge in [0, 0.05) is 17.0 Å². The summed E-state index contributed by atoms with van der Waals surface area (Å²) < 4.78 is 36.6. The number of ether oxygens (including phenoxy) is 1. The van der Waals surface area contributed by atoms with Crippen molar-refractivity contribution in [1.82, 2.24) is 24.1 Å². The van der Waals surface area contributed by atoms with Gasteiger partial charge in [-0.25, -0.2) is 18.7 Å². The highest BCUT2D eigenvalue weighted by molar-refractivity contribution is 14.2. The van der Waals surface area contributed by atoms with E-state index in [1.165, 1.54) is 22.7 Å². The lowest BCUT2D eigenvalue weighted by Gasteiger charge is -2.14. The second-order valence-electron chi connectivity index (χ2n) is 8.70. The van der Waals surface area contributed by atoms with Crippen molar-refractivity contribution in [3.05, 3.63) is 47.4 Å². The van der Waals surface area contributed by atoms with Crippen molar-refractivity contribution in [2.45, 2.75) is 43.2 Å². The second-order valence-corrected chi connectivity index (χ2v) is 11.6. The summed E-state index contributed by atoms with van der Waals surface area (Å²) in [5, 5.41) is 11.3. The van der Waals surface area contributed by atoms with Crippen LogP contribution in [0.3, 0.4) is 0 Å². The van der Waals surface area contributed by atoms with Crippen LogP contribution in [0.4, 0.5) is 31.8 Å². The summed E-state index contributed by atoms with van der Waals surface area (Å²) in [6.45, 7) is 1.81. The monoisotopic (exact) mass is 641 g/mol. The lowest BCUT2D eigenvalue weighted by Crippen LogP contribution is -2.16. The number of thioether (sulfide) groups is 1. The molecule has 3 aromatic heterocycles. The average molecular weight is 641 g/mol. The number of benzene rings is 1. The Labute approximate surface area is 225 Å². The number of alkyl halides is 2. The number of anilines is 4.